The lowest BCUT2D eigenvalue weighted by molar-refractivity contribution is -0.113. The van der Waals surface area contributed by atoms with Crippen LogP contribution in [0.4, 0.5) is 16.0 Å². The lowest BCUT2D eigenvalue weighted by Gasteiger charge is -2.09. The highest BCUT2D eigenvalue weighted by Gasteiger charge is 2.37. The number of hydrogen-bond acceptors (Lipinski definition) is 7. The Morgan fingerprint density at radius 2 is 2.05 bits per heavy atom. The molecule has 1 aliphatic rings. The van der Waals surface area contributed by atoms with Crippen molar-refractivity contribution >= 4 is 40.5 Å². The number of nitrogen functional groups attached to an aromatic ring is 1. The van der Waals surface area contributed by atoms with Crippen molar-refractivity contribution in [1.82, 2.24) is 10.3 Å². The maximum absolute atomic E-state index is 12.9. The van der Waals surface area contributed by atoms with Gasteiger partial charge >= 0.3 is 0 Å². The molecule has 0 saturated carbocycles. The van der Waals surface area contributed by atoms with E-state index in [1.165, 1.54) is 24.3 Å². The summed E-state index contributed by atoms with van der Waals surface area (Å²) in [6, 6.07) is 5.65. The van der Waals surface area contributed by atoms with Gasteiger partial charge in [0.25, 0.3) is 5.91 Å². The molecule has 0 atom stereocenters. The van der Waals surface area contributed by atoms with Crippen molar-refractivity contribution in [2.45, 2.75) is 0 Å². The predicted octanol–water partition coefficient (Wildman–Crippen LogP) is 1.85. The van der Waals surface area contributed by atoms with E-state index in [9.17, 15) is 9.18 Å². The van der Waals surface area contributed by atoms with Crippen LogP contribution in [0.1, 0.15) is 5.56 Å². The number of carbonyl (C=O) groups excluding carboxylic acids is 1. The highest BCUT2D eigenvalue weighted by atomic mass is 32.2. The van der Waals surface area contributed by atoms with Gasteiger partial charge in [0.2, 0.25) is 11.6 Å². The van der Waals surface area contributed by atoms with Crippen molar-refractivity contribution in [3.63, 3.8) is 0 Å². The summed E-state index contributed by atoms with van der Waals surface area (Å²) in [5.41, 5.74) is 6.18. The maximum atomic E-state index is 12.9. The first kappa shape index (κ1) is 13.3. The van der Waals surface area contributed by atoms with E-state index < -0.39 is 5.91 Å². The molecule has 2 aromatic rings. The molecule has 1 fully saturated rings. The fourth-order valence-electron chi connectivity index (χ4n) is 1.74. The summed E-state index contributed by atoms with van der Waals surface area (Å²) >= 11 is 0.950. The number of nitrogens with zero attached hydrogens (tertiary/aromatic N) is 3. The van der Waals surface area contributed by atoms with Crippen LogP contribution < -0.4 is 10.6 Å². The largest absolute Gasteiger partial charge is 0.378 e. The van der Waals surface area contributed by atoms with E-state index in [2.05, 4.69) is 14.9 Å². The van der Waals surface area contributed by atoms with Crippen molar-refractivity contribution in [2.24, 2.45) is 0 Å². The minimum absolute atomic E-state index is 0.0139. The first-order valence-electron chi connectivity index (χ1n) is 5.72. The van der Waals surface area contributed by atoms with Gasteiger partial charge in [0.05, 0.1) is 4.91 Å². The number of amidine groups is 1. The molecule has 1 aromatic heterocycles. The molecule has 0 bridgehead atoms. The molecule has 0 spiro atoms. The Morgan fingerprint density at radius 3 is 2.67 bits per heavy atom. The summed E-state index contributed by atoms with van der Waals surface area (Å²) in [7, 11) is 0. The van der Waals surface area contributed by atoms with Gasteiger partial charge in [-0.25, -0.2) is 13.9 Å². The fourth-order valence-corrected chi connectivity index (χ4v) is 2.58. The Labute approximate surface area is 122 Å². The minimum Gasteiger partial charge on any atom is -0.378 e. The van der Waals surface area contributed by atoms with Gasteiger partial charge in [-0.3, -0.25) is 10.2 Å². The third-order valence-corrected chi connectivity index (χ3v) is 3.59. The second kappa shape index (κ2) is 5.02. The normalized spacial score (nSPS) is 17.0. The van der Waals surface area contributed by atoms with E-state index in [0.29, 0.717) is 10.5 Å². The number of benzene rings is 1. The molecule has 1 saturated heterocycles. The third-order valence-electron chi connectivity index (χ3n) is 2.70. The minimum atomic E-state index is -0.461. The summed E-state index contributed by atoms with van der Waals surface area (Å²) in [6.45, 7) is 0. The zero-order valence-corrected chi connectivity index (χ0v) is 11.2. The number of aromatic nitrogens is 2. The van der Waals surface area contributed by atoms with Gasteiger partial charge in [0.1, 0.15) is 5.82 Å². The summed E-state index contributed by atoms with van der Waals surface area (Å²) in [6.07, 6.45) is 1.56. The molecular formula is C12H8FN5O2S. The number of halogens is 1. The number of hydrogen-bond donors (Lipinski definition) is 2. The molecule has 9 heteroatoms. The molecule has 21 heavy (non-hydrogen) atoms. The monoisotopic (exact) mass is 305 g/mol. The topological polar surface area (TPSA) is 109 Å². The predicted molar refractivity (Wildman–Crippen MR) is 75.9 cm³/mol. The molecule has 3 N–H and O–H groups in total. The quantitative estimate of drug-likeness (QED) is 0.819. The Hall–Kier alpha value is -2.68. The Morgan fingerprint density at radius 1 is 1.33 bits per heavy atom. The van der Waals surface area contributed by atoms with E-state index in [4.69, 9.17) is 11.1 Å². The number of carbonyl (C=O) groups is 1. The van der Waals surface area contributed by atoms with Crippen LogP contribution >= 0.6 is 11.8 Å². The Bertz CT molecular complexity index is 755. The number of anilines is 2. The zero-order chi connectivity index (χ0) is 15.0. The van der Waals surface area contributed by atoms with Crippen LogP contribution in [0, 0.1) is 11.2 Å². The smallest absolute Gasteiger partial charge is 0.272 e. The number of rotatable bonds is 2. The second-order valence-electron chi connectivity index (χ2n) is 4.08. The highest BCUT2D eigenvalue weighted by molar-refractivity contribution is 8.19. The maximum Gasteiger partial charge on any atom is 0.272 e. The van der Waals surface area contributed by atoms with E-state index in [0.717, 1.165) is 16.7 Å². The fraction of sp³-hybridized carbons (Fsp3) is 0. The molecular weight excluding hydrogens is 297 g/mol. The SMILES string of the molecule is N=C1S/C(=C/c2ccc(F)cc2)C(=O)N1c1nonc1N. The molecule has 106 valence electrons. The summed E-state index contributed by atoms with van der Waals surface area (Å²) in [4.78, 5) is 13.6. The molecule has 1 aromatic carbocycles. The lowest BCUT2D eigenvalue weighted by Crippen LogP contribution is -2.29. The lowest BCUT2D eigenvalue weighted by atomic mass is 10.2. The van der Waals surface area contributed by atoms with Gasteiger partial charge in [-0.1, -0.05) is 12.1 Å². The number of amides is 1. The number of nitrogens with two attached hydrogens (primary N) is 1. The van der Waals surface area contributed by atoms with Gasteiger partial charge in [0, 0.05) is 0 Å². The summed E-state index contributed by atoms with van der Waals surface area (Å²) < 4.78 is 17.3. The molecule has 0 aliphatic carbocycles. The van der Waals surface area contributed by atoms with Crippen molar-refractivity contribution in [2.75, 3.05) is 10.6 Å². The van der Waals surface area contributed by atoms with Gasteiger partial charge in [-0.15, -0.1) is 0 Å². The van der Waals surface area contributed by atoms with Gasteiger partial charge in [0.15, 0.2) is 5.17 Å². The molecule has 0 radical (unpaired) electrons. The van der Waals surface area contributed by atoms with Crippen LogP contribution in [-0.4, -0.2) is 21.4 Å². The average Bonchev–Trinajstić information content (AvgIpc) is 2.97. The first-order valence-corrected chi connectivity index (χ1v) is 6.54. The highest BCUT2D eigenvalue weighted by Crippen LogP contribution is 2.35. The van der Waals surface area contributed by atoms with Crippen molar-refractivity contribution in [3.8, 4) is 0 Å². The molecule has 7 nitrogen and oxygen atoms in total. The third kappa shape index (κ3) is 2.38. The van der Waals surface area contributed by atoms with Crippen LogP contribution in [0.25, 0.3) is 6.08 Å². The van der Waals surface area contributed by atoms with Crippen molar-refractivity contribution in [3.05, 3.63) is 40.6 Å². The number of nitrogens with one attached hydrogen (secondary N) is 1. The van der Waals surface area contributed by atoms with Gasteiger partial charge in [-0.2, -0.15) is 0 Å². The van der Waals surface area contributed by atoms with E-state index in [1.807, 2.05) is 0 Å². The van der Waals surface area contributed by atoms with E-state index in [-0.39, 0.29) is 22.6 Å². The van der Waals surface area contributed by atoms with Gasteiger partial charge < -0.3 is 5.73 Å². The molecule has 3 rings (SSSR count). The van der Waals surface area contributed by atoms with Crippen LogP contribution in [0.15, 0.2) is 33.8 Å². The standard InChI is InChI=1S/C12H8FN5O2S/c13-7-3-1-6(2-4-7)5-8-11(19)18(12(15)21-8)10-9(14)16-20-17-10/h1-5,15H,(H2,14,16)/b8-5+,15-12?. The number of thioether (sulfide) groups is 1. The summed E-state index contributed by atoms with van der Waals surface area (Å²) in [5, 5.41) is 14.7. The molecule has 1 aliphatic heterocycles. The molecule has 0 unspecified atom stereocenters. The zero-order valence-electron chi connectivity index (χ0n) is 10.4. The van der Waals surface area contributed by atoms with Crippen LogP contribution in [-0.2, 0) is 4.79 Å². The van der Waals surface area contributed by atoms with E-state index >= 15 is 0 Å². The Kier molecular flexibility index (Phi) is 3.18. The van der Waals surface area contributed by atoms with Gasteiger partial charge in [-0.05, 0) is 45.8 Å². The van der Waals surface area contributed by atoms with Crippen molar-refractivity contribution < 1.29 is 13.8 Å². The molecule has 1 amide bonds. The average molecular weight is 305 g/mol. The Balaban J connectivity index is 1.93. The first-order chi connectivity index (χ1) is 10.1. The van der Waals surface area contributed by atoms with Crippen LogP contribution in [0.2, 0.25) is 0 Å². The second-order valence-corrected chi connectivity index (χ2v) is 5.11. The van der Waals surface area contributed by atoms with Crippen LogP contribution in [0.3, 0.4) is 0 Å². The van der Waals surface area contributed by atoms with E-state index in [1.54, 1.807) is 6.08 Å². The molecule has 2 heterocycles. The summed E-state index contributed by atoms with van der Waals surface area (Å²) in [5.74, 6) is -0.910. The van der Waals surface area contributed by atoms with Crippen molar-refractivity contribution in [1.29, 1.82) is 5.41 Å². The van der Waals surface area contributed by atoms with Crippen LogP contribution in [0.5, 0.6) is 0 Å².